The van der Waals surface area contributed by atoms with Crippen LogP contribution in [0.2, 0.25) is 0 Å². The predicted molar refractivity (Wildman–Crippen MR) is 60.7 cm³/mol. The van der Waals surface area contributed by atoms with Gasteiger partial charge in [0.15, 0.2) is 0 Å². The summed E-state index contributed by atoms with van der Waals surface area (Å²) >= 11 is 0. The summed E-state index contributed by atoms with van der Waals surface area (Å²) in [5.74, 6) is 0.261. The third-order valence-electron chi connectivity index (χ3n) is 2.80. The van der Waals surface area contributed by atoms with Crippen molar-refractivity contribution in [2.45, 2.75) is 39.5 Å². The molecule has 0 bridgehead atoms. The molecular weight excluding hydrogens is 172 g/mol. The lowest BCUT2D eigenvalue weighted by Gasteiger charge is -2.14. The summed E-state index contributed by atoms with van der Waals surface area (Å²) in [7, 11) is 0. The van der Waals surface area contributed by atoms with Gasteiger partial charge in [0.05, 0.1) is 0 Å². The van der Waals surface area contributed by atoms with Crippen molar-refractivity contribution < 1.29 is 5.11 Å². The van der Waals surface area contributed by atoms with Crippen LogP contribution in [0.1, 0.15) is 43.4 Å². The van der Waals surface area contributed by atoms with E-state index in [2.05, 4.69) is 39.0 Å². The second-order valence-electron chi connectivity index (χ2n) is 3.82. The molecular formula is C13H20O. The number of aliphatic hydroxyl groups excluding tert-OH is 1. The molecule has 14 heavy (non-hydrogen) atoms. The molecule has 1 aromatic carbocycles. The Hall–Kier alpha value is -0.820. The van der Waals surface area contributed by atoms with Crippen molar-refractivity contribution in [2.75, 3.05) is 6.61 Å². The lowest BCUT2D eigenvalue weighted by atomic mass is 9.92. The topological polar surface area (TPSA) is 20.2 Å². The van der Waals surface area contributed by atoms with Crippen LogP contribution in [0, 0.1) is 0 Å². The fourth-order valence-electron chi connectivity index (χ4n) is 1.74. The molecule has 0 aliphatic rings. The molecule has 0 radical (unpaired) electrons. The normalized spacial score (nSPS) is 12.9. The van der Waals surface area contributed by atoms with Crippen LogP contribution in [0.4, 0.5) is 0 Å². The van der Waals surface area contributed by atoms with Crippen LogP contribution >= 0.6 is 0 Å². The van der Waals surface area contributed by atoms with E-state index in [4.69, 9.17) is 0 Å². The molecule has 0 aliphatic carbocycles. The molecule has 0 aromatic heterocycles. The first-order valence-electron chi connectivity index (χ1n) is 5.45. The molecule has 0 fully saturated rings. The van der Waals surface area contributed by atoms with Gasteiger partial charge in [0, 0.05) is 12.5 Å². The number of aliphatic hydroxyl groups is 1. The fourth-order valence-corrected chi connectivity index (χ4v) is 1.74. The number of rotatable bonds is 4. The molecule has 0 amide bonds. The van der Waals surface area contributed by atoms with Crippen molar-refractivity contribution in [1.29, 1.82) is 0 Å². The smallest absolute Gasteiger partial charge is 0.0497 e. The Bertz CT molecular complexity index is 291. The molecule has 0 heterocycles. The molecule has 1 atom stereocenters. The second-order valence-corrected chi connectivity index (χ2v) is 3.82. The van der Waals surface area contributed by atoms with E-state index in [-0.39, 0.29) is 12.5 Å². The fraction of sp³-hybridized carbons (Fsp3) is 0.538. The average molecular weight is 192 g/mol. The van der Waals surface area contributed by atoms with Crippen molar-refractivity contribution >= 4 is 0 Å². The van der Waals surface area contributed by atoms with Gasteiger partial charge in [-0.15, -0.1) is 0 Å². The molecule has 0 aliphatic heterocycles. The minimum atomic E-state index is 0.236. The van der Waals surface area contributed by atoms with Gasteiger partial charge < -0.3 is 5.11 Å². The zero-order valence-electron chi connectivity index (χ0n) is 9.38. The number of aryl methyl sites for hydroxylation is 2. The van der Waals surface area contributed by atoms with Crippen LogP contribution < -0.4 is 0 Å². The van der Waals surface area contributed by atoms with Gasteiger partial charge in [-0.3, -0.25) is 0 Å². The van der Waals surface area contributed by atoms with E-state index >= 15 is 0 Å². The first kappa shape index (κ1) is 11.3. The molecule has 0 saturated carbocycles. The monoisotopic (exact) mass is 192 g/mol. The predicted octanol–water partition coefficient (Wildman–Crippen LogP) is 2.91. The van der Waals surface area contributed by atoms with Crippen LogP contribution in [0.25, 0.3) is 0 Å². The highest BCUT2D eigenvalue weighted by molar-refractivity contribution is 5.34. The Labute approximate surface area is 86.8 Å². The van der Waals surface area contributed by atoms with E-state index in [9.17, 15) is 5.11 Å². The molecule has 1 rings (SSSR count). The quantitative estimate of drug-likeness (QED) is 0.777. The summed E-state index contributed by atoms with van der Waals surface area (Å²) < 4.78 is 0. The van der Waals surface area contributed by atoms with E-state index in [0.29, 0.717) is 0 Å². The van der Waals surface area contributed by atoms with Gasteiger partial charge >= 0.3 is 0 Å². The van der Waals surface area contributed by atoms with Crippen molar-refractivity contribution in [3.05, 3.63) is 34.9 Å². The highest BCUT2D eigenvalue weighted by Gasteiger charge is 2.08. The van der Waals surface area contributed by atoms with E-state index in [0.717, 1.165) is 12.8 Å². The van der Waals surface area contributed by atoms with E-state index < -0.39 is 0 Å². The van der Waals surface area contributed by atoms with Gasteiger partial charge in [-0.1, -0.05) is 39.0 Å². The largest absolute Gasteiger partial charge is 0.396 e. The molecule has 0 spiro atoms. The lowest BCUT2D eigenvalue weighted by molar-refractivity contribution is 0.272. The third-order valence-corrected chi connectivity index (χ3v) is 2.80. The van der Waals surface area contributed by atoms with Crippen molar-refractivity contribution in [1.82, 2.24) is 0 Å². The molecule has 1 N–H and O–H groups in total. The van der Waals surface area contributed by atoms with Crippen LogP contribution in [0.5, 0.6) is 0 Å². The summed E-state index contributed by atoms with van der Waals surface area (Å²) in [6.07, 6.45) is 2.11. The Kier molecular flexibility index (Phi) is 4.15. The number of hydrogen-bond donors (Lipinski definition) is 1. The standard InChI is InChI=1S/C13H20O/c1-4-11-6-7-12(5-2)13(8-11)10(3)9-14/h6-8,10,14H,4-5,9H2,1-3H3. The summed E-state index contributed by atoms with van der Waals surface area (Å²) in [5, 5.41) is 9.17. The maximum absolute atomic E-state index is 9.17. The van der Waals surface area contributed by atoms with Gasteiger partial charge in [-0.25, -0.2) is 0 Å². The third kappa shape index (κ3) is 2.36. The molecule has 1 unspecified atom stereocenters. The van der Waals surface area contributed by atoms with Crippen molar-refractivity contribution in [3.63, 3.8) is 0 Å². The molecule has 0 saturated heterocycles. The first-order chi connectivity index (χ1) is 6.72. The van der Waals surface area contributed by atoms with Crippen LogP contribution in [0.3, 0.4) is 0 Å². The maximum Gasteiger partial charge on any atom is 0.0497 e. The average Bonchev–Trinajstić information content (AvgIpc) is 2.27. The number of hydrogen-bond acceptors (Lipinski definition) is 1. The Morgan fingerprint density at radius 2 is 1.93 bits per heavy atom. The first-order valence-corrected chi connectivity index (χ1v) is 5.45. The van der Waals surface area contributed by atoms with Crippen LogP contribution in [-0.4, -0.2) is 11.7 Å². The van der Waals surface area contributed by atoms with Crippen molar-refractivity contribution in [3.8, 4) is 0 Å². The molecule has 1 aromatic rings. The van der Waals surface area contributed by atoms with E-state index in [1.807, 2.05) is 0 Å². The SMILES string of the molecule is CCc1ccc(CC)c(C(C)CO)c1. The zero-order valence-corrected chi connectivity index (χ0v) is 9.38. The summed E-state index contributed by atoms with van der Waals surface area (Å²) in [6.45, 7) is 6.64. The number of benzene rings is 1. The Morgan fingerprint density at radius 3 is 2.43 bits per heavy atom. The molecule has 1 nitrogen and oxygen atoms in total. The maximum atomic E-state index is 9.17. The summed E-state index contributed by atoms with van der Waals surface area (Å²) in [5.41, 5.74) is 4.04. The van der Waals surface area contributed by atoms with Crippen molar-refractivity contribution in [2.24, 2.45) is 0 Å². The minimum absolute atomic E-state index is 0.236. The Morgan fingerprint density at radius 1 is 1.21 bits per heavy atom. The highest BCUT2D eigenvalue weighted by Crippen LogP contribution is 2.22. The van der Waals surface area contributed by atoms with Gasteiger partial charge in [0.25, 0.3) is 0 Å². The van der Waals surface area contributed by atoms with Gasteiger partial charge in [-0.05, 0) is 29.5 Å². The van der Waals surface area contributed by atoms with E-state index in [1.165, 1.54) is 16.7 Å². The molecule has 78 valence electrons. The Balaban J connectivity index is 3.08. The summed E-state index contributed by atoms with van der Waals surface area (Å²) in [4.78, 5) is 0. The lowest BCUT2D eigenvalue weighted by Crippen LogP contribution is -2.03. The van der Waals surface area contributed by atoms with Gasteiger partial charge in [0.2, 0.25) is 0 Å². The van der Waals surface area contributed by atoms with Crippen LogP contribution in [-0.2, 0) is 12.8 Å². The van der Waals surface area contributed by atoms with Crippen LogP contribution in [0.15, 0.2) is 18.2 Å². The summed E-state index contributed by atoms with van der Waals surface area (Å²) in [6, 6.07) is 6.62. The van der Waals surface area contributed by atoms with E-state index in [1.54, 1.807) is 0 Å². The minimum Gasteiger partial charge on any atom is -0.396 e. The zero-order chi connectivity index (χ0) is 10.6. The highest BCUT2D eigenvalue weighted by atomic mass is 16.3. The second kappa shape index (κ2) is 5.16. The van der Waals surface area contributed by atoms with Gasteiger partial charge in [0.1, 0.15) is 0 Å². The molecule has 1 heteroatoms. The van der Waals surface area contributed by atoms with Gasteiger partial charge in [-0.2, -0.15) is 0 Å².